The van der Waals surface area contributed by atoms with Gasteiger partial charge in [0.05, 0.1) is 30.9 Å². The lowest BCUT2D eigenvalue weighted by Crippen LogP contribution is -2.40. The van der Waals surface area contributed by atoms with Gasteiger partial charge in [0.25, 0.3) is 0 Å². The number of nitrogens with zero attached hydrogens (tertiary/aromatic N) is 1. The van der Waals surface area contributed by atoms with Crippen LogP contribution >= 0.6 is 0 Å². The molecule has 148 valence electrons. The predicted octanol–water partition coefficient (Wildman–Crippen LogP) is 1.59. The van der Waals surface area contributed by atoms with E-state index < -0.39 is 21.9 Å². The summed E-state index contributed by atoms with van der Waals surface area (Å²) in [7, 11) is -3.75. The fourth-order valence-corrected chi connectivity index (χ4v) is 4.42. The summed E-state index contributed by atoms with van der Waals surface area (Å²) in [6.07, 6.45) is -0.00810. The number of carbonyl (C=O) groups is 2. The molecule has 1 fully saturated rings. The van der Waals surface area contributed by atoms with E-state index in [-0.39, 0.29) is 35.7 Å². The molecule has 9 heteroatoms. The van der Waals surface area contributed by atoms with Gasteiger partial charge in [-0.25, -0.2) is 13.2 Å². The van der Waals surface area contributed by atoms with Crippen molar-refractivity contribution >= 4 is 27.6 Å². The quantitative estimate of drug-likeness (QED) is 0.756. The van der Waals surface area contributed by atoms with E-state index >= 15 is 0 Å². The molecule has 0 saturated carbocycles. The molecule has 8 nitrogen and oxygen atoms in total. The van der Waals surface area contributed by atoms with Crippen LogP contribution in [0.5, 0.6) is 0 Å². The number of para-hydroxylation sites is 1. The van der Waals surface area contributed by atoms with Crippen LogP contribution in [0.3, 0.4) is 0 Å². The molecule has 2 N–H and O–H groups in total. The van der Waals surface area contributed by atoms with Gasteiger partial charge in [-0.2, -0.15) is 4.31 Å². The highest BCUT2D eigenvalue weighted by molar-refractivity contribution is 7.89. The summed E-state index contributed by atoms with van der Waals surface area (Å²) in [6.45, 7) is 1.20. The van der Waals surface area contributed by atoms with Crippen LogP contribution in [-0.4, -0.2) is 56.0 Å². The summed E-state index contributed by atoms with van der Waals surface area (Å²) in [5, 5.41) is 11.6. The number of ether oxygens (including phenoxy) is 1. The minimum absolute atomic E-state index is 0.00810. The van der Waals surface area contributed by atoms with Crippen LogP contribution < -0.4 is 5.32 Å². The van der Waals surface area contributed by atoms with Crippen molar-refractivity contribution in [3.8, 4) is 0 Å². The topological polar surface area (TPSA) is 113 Å². The van der Waals surface area contributed by atoms with Crippen LogP contribution in [-0.2, 0) is 26.0 Å². The zero-order chi connectivity index (χ0) is 20.1. The molecule has 2 aromatic rings. The van der Waals surface area contributed by atoms with Gasteiger partial charge >= 0.3 is 5.97 Å². The number of anilines is 1. The summed E-state index contributed by atoms with van der Waals surface area (Å²) in [5.41, 5.74) is 0.961. The lowest BCUT2D eigenvalue weighted by Gasteiger charge is -2.26. The Morgan fingerprint density at radius 2 is 1.68 bits per heavy atom. The number of benzene rings is 2. The van der Waals surface area contributed by atoms with Crippen molar-refractivity contribution in [1.82, 2.24) is 4.31 Å². The van der Waals surface area contributed by atoms with Crippen molar-refractivity contribution in [1.29, 1.82) is 0 Å². The zero-order valence-electron chi connectivity index (χ0n) is 15.0. The smallest absolute Gasteiger partial charge is 0.335 e. The second kappa shape index (κ2) is 8.51. The molecule has 28 heavy (non-hydrogen) atoms. The Balaban J connectivity index is 1.75. The predicted molar refractivity (Wildman–Crippen MR) is 102 cm³/mol. The molecule has 0 spiro atoms. The number of hydrogen-bond donors (Lipinski definition) is 2. The van der Waals surface area contributed by atoms with E-state index in [0.29, 0.717) is 18.8 Å². The van der Waals surface area contributed by atoms with Crippen molar-refractivity contribution in [2.45, 2.75) is 11.3 Å². The molecule has 0 radical (unpaired) electrons. The maximum Gasteiger partial charge on any atom is 0.335 e. The van der Waals surface area contributed by atoms with Crippen LogP contribution in [0.15, 0.2) is 53.4 Å². The van der Waals surface area contributed by atoms with Gasteiger partial charge in [0.15, 0.2) is 0 Å². The number of carboxylic acid groups (broad SMARTS) is 1. The monoisotopic (exact) mass is 404 g/mol. The normalized spacial score (nSPS) is 15.1. The lowest BCUT2D eigenvalue weighted by atomic mass is 10.1. The number of sulfonamides is 1. The third kappa shape index (κ3) is 4.56. The molecule has 1 amide bonds. The van der Waals surface area contributed by atoms with Gasteiger partial charge in [-0.15, -0.1) is 0 Å². The number of aromatic carboxylic acids is 1. The second-order valence-corrected chi connectivity index (χ2v) is 8.15. The van der Waals surface area contributed by atoms with Crippen LogP contribution in [0.1, 0.15) is 15.9 Å². The number of morpholine rings is 1. The molecule has 0 bridgehead atoms. The molecule has 0 aliphatic carbocycles. The zero-order valence-corrected chi connectivity index (χ0v) is 15.8. The average molecular weight is 404 g/mol. The molecule has 0 atom stereocenters. The van der Waals surface area contributed by atoms with Gasteiger partial charge in [-0.3, -0.25) is 4.79 Å². The van der Waals surface area contributed by atoms with Gasteiger partial charge in [0.1, 0.15) is 4.90 Å². The van der Waals surface area contributed by atoms with Crippen LogP contribution in [0, 0.1) is 0 Å². The molecule has 1 aliphatic heterocycles. The van der Waals surface area contributed by atoms with E-state index in [1.54, 1.807) is 30.3 Å². The van der Waals surface area contributed by atoms with Crippen LogP contribution in [0.25, 0.3) is 0 Å². The minimum Gasteiger partial charge on any atom is -0.478 e. The highest BCUT2D eigenvalue weighted by Crippen LogP contribution is 2.25. The molecule has 1 saturated heterocycles. The number of carboxylic acids is 1. The molecule has 1 aliphatic rings. The average Bonchev–Trinajstić information content (AvgIpc) is 2.69. The lowest BCUT2D eigenvalue weighted by molar-refractivity contribution is -0.115. The first-order valence-electron chi connectivity index (χ1n) is 8.67. The molecular weight excluding hydrogens is 384 g/mol. The largest absolute Gasteiger partial charge is 0.478 e. The number of nitrogens with one attached hydrogen (secondary N) is 1. The van der Waals surface area contributed by atoms with Crippen LogP contribution in [0.2, 0.25) is 0 Å². The number of hydrogen-bond acceptors (Lipinski definition) is 5. The van der Waals surface area contributed by atoms with Crippen LogP contribution in [0.4, 0.5) is 5.69 Å². The standard InChI is InChI=1S/C19H20N2O6S/c22-18(13-14-5-7-15(8-6-14)19(23)24)20-16-3-1-2-4-17(16)28(25,26)21-9-11-27-12-10-21/h1-8H,9-13H2,(H,20,22)(H,23,24). The molecular formula is C19H20N2O6S. The Morgan fingerprint density at radius 3 is 2.32 bits per heavy atom. The first-order valence-corrected chi connectivity index (χ1v) is 10.1. The Hall–Kier alpha value is -2.75. The fourth-order valence-electron chi connectivity index (χ4n) is 2.87. The van der Waals surface area contributed by atoms with Gasteiger partial charge in [0.2, 0.25) is 15.9 Å². The Bertz CT molecular complexity index is 966. The maximum atomic E-state index is 12.9. The van der Waals surface area contributed by atoms with E-state index in [9.17, 15) is 18.0 Å². The summed E-state index contributed by atoms with van der Waals surface area (Å²) in [6, 6.07) is 12.2. The Morgan fingerprint density at radius 1 is 1.04 bits per heavy atom. The van der Waals surface area contributed by atoms with Gasteiger partial charge in [-0.05, 0) is 29.8 Å². The van der Waals surface area contributed by atoms with Crippen molar-refractivity contribution in [2.75, 3.05) is 31.6 Å². The fraction of sp³-hybridized carbons (Fsp3) is 0.263. The van der Waals surface area contributed by atoms with Crippen molar-refractivity contribution in [3.05, 3.63) is 59.7 Å². The molecule has 2 aromatic carbocycles. The SMILES string of the molecule is O=C(Cc1ccc(C(=O)O)cc1)Nc1ccccc1S(=O)(=O)N1CCOCC1. The summed E-state index contributed by atoms with van der Waals surface area (Å²) in [5.74, 6) is -1.44. The Kier molecular flexibility index (Phi) is 6.08. The molecule has 3 rings (SSSR count). The van der Waals surface area contributed by atoms with Gasteiger partial charge in [-0.1, -0.05) is 24.3 Å². The van der Waals surface area contributed by atoms with E-state index in [2.05, 4.69) is 5.32 Å². The molecule has 0 unspecified atom stereocenters. The van der Waals surface area contributed by atoms with E-state index in [0.717, 1.165) is 0 Å². The third-order valence-corrected chi connectivity index (χ3v) is 6.27. The highest BCUT2D eigenvalue weighted by Gasteiger charge is 2.28. The van der Waals surface area contributed by atoms with Gasteiger partial charge < -0.3 is 15.2 Å². The van der Waals surface area contributed by atoms with Crippen molar-refractivity contribution < 1.29 is 27.9 Å². The highest BCUT2D eigenvalue weighted by atomic mass is 32.2. The van der Waals surface area contributed by atoms with E-state index in [1.807, 2.05) is 0 Å². The van der Waals surface area contributed by atoms with Crippen molar-refractivity contribution in [3.63, 3.8) is 0 Å². The second-order valence-electron chi connectivity index (χ2n) is 6.24. The number of amides is 1. The van der Waals surface area contributed by atoms with Crippen molar-refractivity contribution in [2.24, 2.45) is 0 Å². The maximum absolute atomic E-state index is 12.9. The summed E-state index contributed by atoms with van der Waals surface area (Å²) in [4.78, 5) is 23.3. The summed E-state index contributed by atoms with van der Waals surface area (Å²) >= 11 is 0. The molecule has 1 heterocycles. The van der Waals surface area contributed by atoms with E-state index in [4.69, 9.17) is 9.84 Å². The Labute approximate surface area is 162 Å². The molecule has 0 aromatic heterocycles. The number of rotatable bonds is 6. The summed E-state index contributed by atoms with van der Waals surface area (Å²) < 4.78 is 32.4. The third-order valence-electron chi connectivity index (χ3n) is 4.31. The first-order chi connectivity index (χ1) is 13.4. The first kappa shape index (κ1) is 20.0. The van der Waals surface area contributed by atoms with E-state index in [1.165, 1.54) is 22.5 Å². The number of carbonyl (C=O) groups excluding carboxylic acids is 1. The minimum atomic E-state index is -3.75. The van der Waals surface area contributed by atoms with Gasteiger partial charge in [0, 0.05) is 13.1 Å².